The first-order valence-electron chi connectivity index (χ1n) is 6.89. The van der Waals surface area contributed by atoms with E-state index in [9.17, 15) is 20.1 Å². The van der Waals surface area contributed by atoms with Crippen LogP contribution >= 0.6 is 0 Å². The van der Waals surface area contributed by atoms with Crippen molar-refractivity contribution < 1.29 is 20.1 Å². The lowest BCUT2D eigenvalue weighted by Gasteiger charge is -2.11. The maximum Gasteiger partial charge on any atom is 0.280 e. The van der Waals surface area contributed by atoms with Crippen molar-refractivity contribution in [1.29, 1.82) is 0 Å². The van der Waals surface area contributed by atoms with E-state index >= 15 is 0 Å². The Balaban J connectivity index is 2.02. The Morgan fingerprint density at radius 3 is 2.26 bits per heavy atom. The third-order valence-corrected chi connectivity index (χ3v) is 3.47. The van der Waals surface area contributed by atoms with E-state index in [-0.39, 0.29) is 34.3 Å². The number of phenolic OH excluding ortho intramolecular Hbond substituents is 3. The highest BCUT2D eigenvalue weighted by Crippen LogP contribution is 2.35. The van der Waals surface area contributed by atoms with Gasteiger partial charge in [0.05, 0.1) is 22.5 Å². The Labute approximate surface area is 132 Å². The van der Waals surface area contributed by atoms with Gasteiger partial charge in [0.2, 0.25) is 0 Å². The molecular formula is C17H14N2O4. The van der Waals surface area contributed by atoms with E-state index < -0.39 is 0 Å². The number of amides is 1. The number of hydrogen-bond donors (Lipinski definition) is 3. The second-order valence-corrected chi connectivity index (χ2v) is 5.09. The molecule has 3 rings (SSSR count). The van der Waals surface area contributed by atoms with Crippen molar-refractivity contribution in [3.05, 3.63) is 53.6 Å². The van der Waals surface area contributed by atoms with Crippen LogP contribution < -0.4 is 5.01 Å². The minimum absolute atomic E-state index is 0.0515. The zero-order valence-corrected chi connectivity index (χ0v) is 12.3. The molecule has 0 bridgehead atoms. The molecule has 116 valence electrons. The molecular weight excluding hydrogens is 296 g/mol. The molecule has 0 aliphatic carbocycles. The lowest BCUT2D eigenvalue weighted by Crippen LogP contribution is -2.21. The minimum atomic E-state index is -0.361. The molecule has 6 nitrogen and oxygen atoms in total. The molecule has 0 fully saturated rings. The van der Waals surface area contributed by atoms with Gasteiger partial charge in [-0.05, 0) is 25.1 Å². The quantitative estimate of drug-likeness (QED) is 0.743. The van der Waals surface area contributed by atoms with E-state index in [0.717, 1.165) is 12.1 Å². The SMILES string of the molecule is CC1=NN(c2ccccc2)C(=O)/C1=C/c1c(O)cc(O)cc1O. The molecule has 0 atom stereocenters. The van der Waals surface area contributed by atoms with Crippen LogP contribution in [0.25, 0.3) is 6.08 Å². The number of aromatic hydroxyl groups is 3. The van der Waals surface area contributed by atoms with Crippen molar-refractivity contribution in [1.82, 2.24) is 0 Å². The van der Waals surface area contributed by atoms with Gasteiger partial charge in [-0.3, -0.25) is 4.79 Å². The lowest BCUT2D eigenvalue weighted by molar-refractivity contribution is -0.114. The molecule has 1 heterocycles. The molecule has 1 aliphatic heterocycles. The normalized spacial score (nSPS) is 16.0. The monoisotopic (exact) mass is 310 g/mol. The van der Waals surface area contributed by atoms with Gasteiger partial charge in [-0.25, -0.2) is 0 Å². The number of phenols is 3. The second kappa shape index (κ2) is 5.49. The van der Waals surface area contributed by atoms with E-state index in [0.29, 0.717) is 11.4 Å². The van der Waals surface area contributed by atoms with E-state index in [1.165, 1.54) is 11.1 Å². The molecule has 0 aromatic heterocycles. The maximum absolute atomic E-state index is 12.5. The molecule has 0 saturated carbocycles. The van der Waals surface area contributed by atoms with Gasteiger partial charge in [-0.2, -0.15) is 10.1 Å². The average molecular weight is 310 g/mol. The molecule has 6 heteroatoms. The minimum Gasteiger partial charge on any atom is -0.508 e. The Bertz CT molecular complexity index is 818. The number of rotatable bonds is 2. The van der Waals surface area contributed by atoms with Crippen LogP contribution in [-0.2, 0) is 4.79 Å². The topological polar surface area (TPSA) is 93.4 Å². The summed E-state index contributed by atoms with van der Waals surface area (Å²) in [5.74, 6) is -1.28. The Morgan fingerprint density at radius 2 is 1.65 bits per heavy atom. The molecule has 0 spiro atoms. The number of carbonyl (C=O) groups is 1. The highest BCUT2D eigenvalue weighted by Gasteiger charge is 2.29. The van der Waals surface area contributed by atoms with E-state index in [1.807, 2.05) is 6.07 Å². The first kappa shape index (κ1) is 14.6. The third kappa shape index (κ3) is 2.62. The van der Waals surface area contributed by atoms with Gasteiger partial charge in [-0.15, -0.1) is 0 Å². The third-order valence-electron chi connectivity index (χ3n) is 3.47. The fourth-order valence-electron chi connectivity index (χ4n) is 2.33. The van der Waals surface area contributed by atoms with Gasteiger partial charge in [0.25, 0.3) is 5.91 Å². The zero-order chi connectivity index (χ0) is 16.6. The number of anilines is 1. The predicted molar refractivity (Wildman–Crippen MR) is 86.5 cm³/mol. The van der Waals surface area contributed by atoms with Crippen molar-refractivity contribution in [3.8, 4) is 17.2 Å². The second-order valence-electron chi connectivity index (χ2n) is 5.09. The van der Waals surface area contributed by atoms with Crippen LogP contribution in [0.5, 0.6) is 17.2 Å². The standard InChI is InChI=1S/C17H14N2O4/c1-10-13(9-14-15(21)7-12(20)8-16(14)22)17(23)19(18-10)11-5-3-2-4-6-11/h2-9,20-22H,1H3/b13-9+. The van der Waals surface area contributed by atoms with Crippen LogP contribution in [-0.4, -0.2) is 26.9 Å². The first-order chi connectivity index (χ1) is 11.0. The summed E-state index contributed by atoms with van der Waals surface area (Å²) in [4.78, 5) is 12.5. The summed E-state index contributed by atoms with van der Waals surface area (Å²) < 4.78 is 0. The maximum atomic E-state index is 12.5. The summed E-state index contributed by atoms with van der Waals surface area (Å²) in [7, 11) is 0. The number of hydrazone groups is 1. The Kier molecular flexibility index (Phi) is 3.50. The smallest absolute Gasteiger partial charge is 0.280 e. The fourth-order valence-corrected chi connectivity index (χ4v) is 2.33. The Morgan fingerprint density at radius 1 is 1.04 bits per heavy atom. The fraction of sp³-hybridized carbons (Fsp3) is 0.0588. The summed E-state index contributed by atoms with van der Waals surface area (Å²) in [5.41, 5.74) is 1.39. The van der Waals surface area contributed by atoms with Gasteiger partial charge in [0, 0.05) is 12.1 Å². The van der Waals surface area contributed by atoms with Gasteiger partial charge in [0.1, 0.15) is 17.2 Å². The van der Waals surface area contributed by atoms with Gasteiger partial charge in [0.15, 0.2) is 0 Å². The van der Waals surface area contributed by atoms with Crippen LogP contribution in [0.15, 0.2) is 53.1 Å². The average Bonchev–Trinajstić information content (AvgIpc) is 2.79. The lowest BCUT2D eigenvalue weighted by atomic mass is 10.1. The number of nitrogens with zero attached hydrogens (tertiary/aromatic N) is 2. The van der Waals surface area contributed by atoms with Crippen LogP contribution in [0.3, 0.4) is 0 Å². The van der Waals surface area contributed by atoms with Crippen molar-refractivity contribution in [3.63, 3.8) is 0 Å². The first-order valence-corrected chi connectivity index (χ1v) is 6.89. The molecule has 23 heavy (non-hydrogen) atoms. The summed E-state index contributed by atoms with van der Waals surface area (Å²) in [6.45, 7) is 1.67. The molecule has 1 amide bonds. The van der Waals surface area contributed by atoms with Crippen molar-refractivity contribution in [2.75, 3.05) is 5.01 Å². The Hall–Kier alpha value is -3.28. The molecule has 0 unspecified atom stereocenters. The van der Waals surface area contributed by atoms with Crippen molar-refractivity contribution >= 4 is 23.4 Å². The largest absolute Gasteiger partial charge is 0.508 e. The zero-order valence-electron chi connectivity index (χ0n) is 12.3. The van der Waals surface area contributed by atoms with E-state index in [4.69, 9.17) is 0 Å². The summed E-state index contributed by atoms with van der Waals surface area (Å²) in [6.07, 6.45) is 1.36. The van der Waals surface area contributed by atoms with Crippen LogP contribution in [0.2, 0.25) is 0 Å². The van der Waals surface area contributed by atoms with E-state index in [1.54, 1.807) is 31.2 Å². The van der Waals surface area contributed by atoms with Crippen molar-refractivity contribution in [2.24, 2.45) is 5.10 Å². The van der Waals surface area contributed by atoms with Gasteiger partial charge < -0.3 is 15.3 Å². The predicted octanol–water partition coefficient (Wildman–Crippen LogP) is 2.61. The van der Waals surface area contributed by atoms with Crippen LogP contribution in [0.1, 0.15) is 12.5 Å². The number of benzene rings is 2. The molecule has 1 aliphatic rings. The van der Waals surface area contributed by atoms with Crippen LogP contribution in [0.4, 0.5) is 5.69 Å². The highest BCUT2D eigenvalue weighted by atomic mass is 16.3. The number of hydrogen-bond acceptors (Lipinski definition) is 5. The molecule has 0 saturated heterocycles. The highest BCUT2D eigenvalue weighted by molar-refractivity contribution is 6.32. The molecule has 2 aromatic rings. The van der Waals surface area contributed by atoms with Crippen molar-refractivity contribution in [2.45, 2.75) is 6.92 Å². The molecule has 0 radical (unpaired) electrons. The number of para-hydroxylation sites is 1. The van der Waals surface area contributed by atoms with Gasteiger partial charge in [-0.1, -0.05) is 18.2 Å². The summed E-state index contributed by atoms with van der Waals surface area (Å²) in [6, 6.07) is 11.1. The summed E-state index contributed by atoms with van der Waals surface area (Å²) >= 11 is 0. The number of carbonyl (C=O) groups excluding carboxylic acids is 1. The molecule has 2 aromatic carbocycles. The van der Waals surface area contributed by atoms with Gasteiger partial charge >= 0.3 is 0 Å². The molecule has 3 N–H and O–H groups in total. The van der Waals surface area contributed by atoms with Crippen LogP contribution in [0, 0.1) is 0 Å². The summed E-state index contributed by atoms with van der Waals surface area (Å²) in [5, 5.41) is 34.5. The van der Waals surface area contributed by atoms with E-state index in [2.05, 4.69) is 5.10 Å².